The predicted octanol–water partition coefficient (Wildman–Crippen LogP) is 0.104. The third-order valence-electron chi connectivity index (χ3n) is 3.04. The quantitative estimate of drug-likeness (QED) is 0.581. The molecule has 1 saturated heterocycles. The van der Waals surface area contributed by atoms with E-state index in [-0.39, 0.29) is 11.9 Å². The van der Waals surface area contributed by atoms with Gasteiger partial charge in [-0.15, -0.1) is 0 Å². The van der Waals surface area contributed by atoms with E-state index in [0.29, 0.717) is 52.5 Å². The van der Waals surface area contributed by atoms with Gasteiger partial charge in [0.05, 0.1) is 26.4 Å². The van der Waals surface area contributed by atoms with Gasteiger partial charge in [0.25, 0.3) is 0 Å². The van der Waals surface area contributed by atoms with Gasteiger partial charge in [0, 0.05) is 32.1 Å². The summed E-state index contributed by atoms with van der Waals surface area (Å²) in [6.45, 7) is 8.72. The Morgan fingerprint density at radius 1 is 1.26 bits per heavy atom. The van der Waals surface area contributed by atoms with Gasteiger partial charge in [-0.1, -0.05) is 0 Å². The van der Waals surface area contributed by atoms with E-state index < -0.39 is 11.7 Å². The number of likely N-dealkylation sites (tertiary alicyclic amines) is 1. The number of nitrogens with one attached hydrogen (secondary N) is 1. The first kappa shape index (κ1) is 19.7. The SMILES string of the molecule is CC(C)(C)OC(=O)NCCOCCOCCN1CC(N)CC1=O. The van der Waals surface area contributed by atoms with Crippen LogP contribution in [0.15, 0.2) is 0 Å². The molecule has 0 bridgehead atoms. The molecule has 3 N–H and O–H groups in total. The van der Waals surface area contributed by atoms with Crippen LogP contribution in [0.2, 0.25) is 0 Å². The van der Waals surface area contributed by atoms with Crippen molar-refractivity contribution in [3.8, 4) is 0 Å². The van der Waals surface area contributed by atoms with Crippen LogP contribution in [0.5, 0.6) is 0 Å². The van der Waals surface area contributed by atoms with Crippen LogP contribution in [-0.4, -0.2) is 74.6 Å². The highest BCUT2D eigenvalue weighted by molar-refractivity contribution is 5.79. The molecular weight excluding hydrogens is 302 g/mol. The molecule has 8 heteroatoms. The normalized spacial score (nSPS) is 18.3. The van der Waals surface area contributed by atoms with Crippen molar-refractivity contribution in [2.24, 2.45) is 5.73 Å². The number of amides is 2. The van der Waals surface area contributed by atoms with E-state index in [4.69, 9.17) is 19.9 Å². The molecular formula is C15H29N3O5. The summed E-state index contributed by atoms with van der Waals surface area (Å²) in [5.74, 6) is 0.0885. The zero-order chi connectivity index (χ0) is 17.3. The van der Waals surface area contributed by atoms with Crippen LogP contribution in [0.3, 0.4) is 0 Å². The second-order valence-corrected chi connectivity index (χ2v) is 6.46. The van der Waals surface area contributed by atoms with Gasteiger partial charge in [-0.25, -0.2) is 4.79 Å². The highest BCUT2D eigenvalue weighted by atomic mass is 16.6. The fourth-order valence-corrected chi connectivity index (χ4v) is 2.05. The Bertz CT molecular complexity index is 384. The predicted molar refractivity (Wildman–Crippen MR) is 85.0 cm³/mol. The molecule has 0 aromatic rings. The molecule has 0 aromatic carbocycles. The van der Waals surface area contributed by atoms with E-state index in [0.717, 1.165) is 0 Å². The van der Waals surface area contributed by atoms with Gasteiger partial charge in [-0.2, -0.15) is 0 Å². The Kier molecular flexibility index (Phi) is 8.29. The first-order chi connectivity index (χ1) is 10.8. The molecule has 1 aliphatic heterocycles. The minimum atomic E-state index is -0.501. The number of ether oxygens (including phenoxy) is 3. The molecule has 134 valence electrons. The third-order valence-corrected chi connectivity index (χ3v) is 3.04. The van der Waals surface area contributed by atoms with Gasteiger partial charge in [0.1, 0.15) is 5.60 Å². The van der Waals surface area contributed by atoms with E-state index in [1.54, 1.807) is 4.90 Å². The van der Waals surface area contributed by atoms with Gasteiger partial charge in [0.15, 0.2) is 0 Å². The van der Waals surface area contributed by atoms with Crippen LogP contribution in [0.4, 0.5) is 4.79 Å². The maximum Gasteiger partial charge on any atom is 0.407 e. The number of carbonyl (C=O) groups is 2. The van der Waals surface area contributed by atoms with E-state index >= 15 is 0 Å². The zero-order valence-corrected chi connectivity index (χ0v) is 14.3. The molecule has 8 nitrogen and oxygen atoms in total. The lowest BCUT2D eigenvalue weighted by Gasteiger charge is -2.19. The molecule has 1 aliphatic rings. The Balaban J connectivity index is 1.88. The molecule has 23 heavy (non-hydrogen) atoms. The maximum absolute atomic E-state index is 11.5. The average Bonchev–Trinajstić information content (AvgIpc) is 2.73. The second kappa shape index (κ2) is 9.69. The van der Waals surface area contributed by atoms with E-state index in [9.17, 15) is 9.59 Å². The Hall–Kier alpha value is -1.38. The van der Waals surface area contributed by atoms with Crippen LogP contribution in [0.1, 0.15) is 27.2 Å². The largest absolute Gasteiger partial charge is 0.444 e. The van der Waals surface area contributed by atoms with Gasteiger partial charge in [-0.3, -0.25) is 4.79 Å². The highest BCUT2D eigenvalue weighted by Gasteiger charge is 2.26. The number of hydrogen-bond acceptors (Lipinski definition) is 6. The van der Waals surface area contributed by atoms with Crippen LogP contribution in [0.25, 0.3) is 0 Å². The van der Waals surface area contributed by atoms with Crippen LogP contribution in [0, 0.1) is 0 Å². The maximum atomic E-state index is 11.5. The van der Waals surface area contributed by atoms with Crippen LogP contribution >= 0.6 is 0 Å². The van der Waals surface area contributed by atoms with E-state index in [1.165, 1.54) is 0 Å². The first-order valence-electron chi connectivity index (χ1n) is 7.93. The summed E-state index contributed by atoms with van der Waals surface area (Å²) in [6.07, 6.45) is -0.0286. The van der Waals surface area contributed by atoms with Gasteiger partial charge >= 0.3 is 6.09 Å². The molecule has 2 amide bonds. The van der Waals surface area contributed by atoms with Gasteiger partial charge < -0.3 is 30.2 Å². The summed E-state index contributed by atoms with van der Waals surface area (Å²) >= 11 is 0. The summed E-state index contributed by atoms with van der Waals surface area (Å²) < 4.78 is 15.8. The minimum absolute atomic E-state index is 0.0525. The average molecular weight is 331 g/mol. The molecule has 0 radical (unpaired) electrons. The molecule has 0 aromatic heterocycles. The van der Waals surface area contributed by atoms with E-state index in [1.807, 2.05) is 20.8 Å². The topological polar surface area (TPSA) is 103 Å². The zero-order valence-electron chi connectivity index (χ0n) is 14.3. The van der Waals surface area contributed by atoms with Crippen molar-refractivity contribution in [1.82, 2.24) is 10.2 Å². The highest BCUT2D eigenvalue weighted by Crippen LogP contribution is 2.08. The molecule has 0 aliphatic carbocycles. The molecule has 1 heterocycles. The van der Waals surface area contributed by atoms with Crippen molar-refractivity contribution in [2.75, 3.05) is 46.1 Å². The lowest BCUT2D eigenvalue weighted by atomic mass is 10.2. The number of rotatable bonds is 9. The minimum Gasteiger partial charge on any atom is -0.444 e. The Labute approximate surface area is 137 Å². The summed E-state index contributed by atoms with van der Waals surface area (Å²) in [5.41, 5.74) is 5.21. The molecule has 0 spiro atoms. The Morgan fingerprint density at radius 3 is 2.48 bits per heavy atom. The van der Waals surface area contributed by atoms with Gasteiger partial charge in [0.2, 0.25) is 5.91 Å². The lowest BCUT2D eigenvalue weighted by molar-refractivity contribution is -0.128. The summed E-state index contributed by atoms with van der Waals surface area (Å²) in [5, 5.41) is 2.60. The first-order valence-corrected chi connectivity index (χ1v) is 7.93. The van der Waals surface area contributed by atoms with Crippen molar-refractivity contribution >= 4 is 12.0 Å². The number of carbonyl (C=O) groups excluding carboxylic acids is 2. The number of alkyl carbamates (subject to hydrolysis) is 1. The molecule has 1 rings (SSSR count). The Morgan fingerprint density at radius 2 is 1.91 bits per heavy atom. The number of nitrogens with two attached hydrogens (primary N) is 1. The van der Waals surface area contributed by atoms with Crippen LogP contribution < -0.4 is 11.1 Å². The second-order valence-electron chi connectivity index (χ2n) is 6.46. The molecule has 1 atom stereocenters. The van der Waals surface area contributed by atoms with Crippen molar-refractivity contribution in [3.05, 3.63) is 0 Å². The monoisotopic (exact) mass is 331 g/mol. The number of nitrogens with zero attached hydrogens (tertiary/aromatic N) is 1. The summed E-state index contributed by atoms with van der Waals surface area (Å²) in [4.78, 5) is 24.6. The standard InChI is InChI=1S/C15H29N3O5/c1-15(2,3)23-14(20)17-4-6-21-8-9-22-7-5-18-11-12(16)10-13(18)19/h12H,4-11,16H2,1-3H3,(H,17,20). The van der Waals surface area contributed by atoms with Crippen molar-refractivity contribution in [3.63, 3.8) is 0 Å². The summed E-state index contributed by atoms with van der Waals surface area (Å²) in [7, 11) is 0. The molecule has 1 fully saturated rings. The molecule has 1 unspecified atom stereocenters. The van der Waals surface area contributed by atoms with Gasteiger partial charge in [-0.05, 0) is 20.8 Å². The van der Waals surface area contributed by atoms with Crippen molar-refractivity contribution in [2.45, 2.75) is 38.8 Å². The van der Waals surface area contributed by atoms with Crippen molar-refractivity contribution in [1.29, 1.82) is 0 Å². The van der Waals surface area contributed by atoms with Crippen molar-refractivity contribution < 1.29 is 23.8 Å². The smallest absolute Gasteiger partial charge is 0.407 e. The lowest BCUT2D eigenvalue weighted by Crippen LogP contribution is -2.34. The van der Waals surface area contributed by atoms with Crippen LogP contribution in [-0.2, 0) is 19.0 Å². The van der Waals surface area contributed by atoms with E-state index in [2.05, 4.69) is 5.32 Å². The molecule has 0 saturated carbocycles. The fourth-order valence-electron chi connectivity index (χ4n) is 2.05. The third kappa shape index (κ3) is 9.37. The fraction of sp³-hybridized carbons (Fsp3) is 0.867. The summed E-state index contributed by atoms with van der Waals surface area (Å²) in [6, 6.07) is -0.0525. The number of hydrogen-bond donors (Lipinski definition) is 2.